The van der Waals surface area contributed by atoms with Crippen LogP contribution in [0.4, 0.5) is 13.2 Å². The molecule has 0 spiro atoms. The van der Waals surface area contributed by atoms with Crippen molar-refractivity contribution in [1.29, 1.82) is 0 Å². The van der Waals surface area contributed by atoms with Crippen molar-refractivity contribution < 1.29 is 22.7 Å². The van der Waals surface area contributed by atoms with Crippen molar-refractivity contribution in [3.63, 3.8) is 0 Å². The molecule has 0 heterocycles. The summed E-state index contributed by atoms with van der Waals surface area (Å²) in [6, 6.07) is 5.01. The molecular formula is C27H43F3O2. The molecule has 1 saturated carbocycles. The van der Waals surface area contributed by atoms with Gasteiger partial charge in [-0.25, -0.2) is 0 Å². The lowest BCUT2D eigenvalue weighted by atomic mass is 10.1. The number of rotatable bonds is 8. The summed E-state index contributed by atoms with van der Waals surface area (Å²) in [6.45, 7) is 10.1. The first-order chi connectivity index (χ1) is 15.4. The molecule has 32 heavy (non-hydrogen) atoms. The van der Waals surface area contributed by atoms with E-state index in [4.69, 9.17) is 9.53 Å². The van der Waals surface area contributed by atoms with Gasteiger partial charge in [-0.2, -0.15) is 13.2 Å². The maximum Gasteiger partial charge on any atom is 0.416 e. The molecule has 0 radical (unpaired) electrons. The van der Waals surface area contributed by atoms with E-state index in [0.717, 1.165) is 24.8 Å². The third kappa shape index (κ3) is 18.7. The second-order valence-corrected chi connectivity index (χ2v) is 7.08. The average molecular weight is 457 g/mol. The number of carbonyl (C=O) groups excluding carboxylic acids is 1. The topological polar surface area (TPSA) is 26.3 Å². The molecule has 184 valence electrons. The van der Waals surface area contributed by atoms with Crippen molar-refractivity contribution in [2.24, 2.45) is 5.92 Å². The Morgan fingerprint density at radius 3 is 2.22 bits per heavy atom. The molecule has 0 N–H and O–H groups in total. The van der Waals surface area contributed by atoms with Crippen LogP contribution in [0, 0.1) is 5.92 Å². The molecule has 1 aromatic carbocycles. The Hall–Kier alpha value is -2.04. The second-order valence-electron chi connectivity index (χ2n) is 7.08. The highest BCUT2D eigenvalue weighted by Crippen LogP contribution is 2.31. The Bertz CT molecular complexity index is 601. The minimum atomic E-state index is -4.32. The molecule has 2 rings (SSSR count). The molecule has 0 aliphatic heterocycles. The number of ether oxygens (including phenoxy) is 1. The Morgan fingerprint density at radius 2 is 1.69 bits per heavy atom. The van der Waals surface area contributed by atoms with Crippen molar-refractivity contribution in [2.45, 2.75) is 92.2 Å². The fraction of sp³-hybridized carbons (Fsp3) is 0.593. The van der Waals surface area contributed by atoms with Crippen LogP contribution < -0.4 is 4.74 Å². The van der Waals surface area contributed by atoms with Gasteiger partial charge in [-0.1, -0.05) is 76.8 Å². The Morgan fingerprint density at radius 1 is 1.06 bits per heavy atom. The summed E-state index contributed by atoms with van der Waals surface area (Å²) in [7, 11) is 0. The van der Waals surface area contributed by atoms with Crippen molar-refractivity contribution in [3.05, 3.63) is 54.1 Å². The zero-order chi connectivity index (χ0) is 24.7. The van der Waals surface area contributed by atoms with Crippen LogP contribution in [-0.4, -0.2) is 12.9 Å². The quantitative estimate of drug-likeness (QED) is 0.221. The third-order valence-electron chi connectivity index (χ3n) is 4.48. The van der Waals surface area contributed by atoms with Gasteiger partial charge in [0.05, 0.1) is 12.2 Å². The SMILES string of the molecule is C/C=C\CCCC.CC.CC=O.FC(F)(F)c1cccc(OCC/C=C/C2CCCC2)c1. The van der Waals surface area contributed by atoms with Gasteiger partial charge < -0.3 is 9.53 Å². The van der Waals surface area contributed by atoms with E-state index < -0.39 is 11.7 Å². The average Bonchev–Trinajstić information content (AvgIpc) is 3.30. The highest BCUT2D eigenvalue weighted by atomic mass is 19.4. The molecule has 0 bridgehead atoms. The van der Waals surface area contributed by atoms with E-state index in [1.807, 2.05) is 13.8 Å². The number of alkyl halides is 3. The van der Waals surface area contributed by atoms with Crippen LogP contribution in [0.3, 0.4) is 0 Å². The molecule has 0 aromatic heterocycles. The van der Waals surface area contributed by atoms with E-state index in [-0.39, 0.29) is 5.75 Å². The van der Waals surface area contributed by atoms with Gasteiger partial charge >= 0.3 is 6.18 Å². The molecule has 2 nitrogen and oxygen atoms in total. The van der Waals surface area contributed by atoms with Crippen LogP contribution >= 0.6 is 0 Å². The van der Waals surface area contributed by atoms with Crippen molar-refractivity contribution in [2.75, 3.05) is 6.61 Å². The zero-order valence-electron chi connectivity index (χ0n) is 20.6. The molecule has 0 unspecified atom stereocenters. The summed E-state index contributed by atoms with van der Waals surface area (Å²) in [6.07, 6.45) is 14.8. The smallest absolute Gasteiger partial charge is 0.416 e. The standard InChI is InChI=1S/C16H19F3O.C7H14.C2H4O.C2H6/c17-16(18,19)14-9-5-10-15(12-14)20-11-4-3-8-13-6-1-2-7-13;1-3-5-7-6-4-2;1-2-3;1-2/h3,5,8-10,12-13H,1-2,4,6-7,11H2;3,5H,4,6-7H2,1-2H3;2H,1H3;1-2H3/b8-3+;5-3-;;. The highest BCUT2D eigenvalue weighted by Gasteiger charge is 2.30. The van der Waals surface area contributed by atoms with E-state index >= 15 is 0 Å². The van der Waals surface area contributed by atoms with Gasteiger partial charge in [-0.3, -0.25) is 0 Å². The van der Waals surface area contributed by atoms with Gasteiger partial charge in [0, 0.05) is 0 Å². The number of hydrogen-bond donors (Lipinski definition) is 0. The summed E-state index contributed by atoms with van der Waals surface area (Å²) in [5.41, 5.74) is -0.670. The van der Waals surface area contributed by atoms with Crippen LogP contribution in [0.2, 0.25) is 0 Å². The van der Waals surface area contributed by atoms with Gasteiger partial charge in [0.2, 0.25) is 0 Å². The molecule has 0 atom stereocenters. The number of carbonyl (C=O) groups is 1. The Balaban J connectivity index is 0. The van der Waals surface area contributed by atoms with Gasteiger partial charge in [-0.15, -0.1) is 0 Å². The normalized spacial score (nSPS) is 13.5. The van der Waals surface area contributed by atoms with E-state index in [2.05, 4.69) is 38.2 Å². The summed E-state index contributed by atoms with van der Waals surface area (Å²) >= 11 is 0. The number of unbranched alkanes of at least 4 members (excludes halogenated alkanes) is 2. The molecule has 0 amide bonds. The number of aldehydes is 1. The largest absolute Gasteiger partial charge is 0.493 e. The van der Waals surface area contributed by atoms with Crippen molar-refractivity contribution in [3.8, 4) is 5.75 Å². The summed E-state index contributed by atoms with van der Waals surface area (Å²) in [5.74, 6) is 0.956. The Kier molecular flexibility index (Phi) is 22.3. The lowest BCUT2D eigenvalue weighted by Crippen LogP contribution is -2.05. The van der Waals surface area contributed by atoms with Crippen LogP contribution in [0.25, 0.3) is 0 Å². The Labute approximate surface area is 193 Å². The number of halogens is 3. The third-order valence-corrected chi connectivity index (χ3v) is 4.48. The van der Waals surface area contributed by atoms with Gasteiger partial charge in [0.15, 0.2) is 0 Å². The summed E-state index contributed by atoms with van der Waals surface area (Å²) in [4.78, 5) is 8.81. The maximum absolute atomic E-state index is 12.5. The molecule has 1 fully saturated rings. The molecule has 0 saturated heterocycles. The molecule has 5 heteroatoms. The minimum absolute atomic E-state index is 0.272. The summed E-state index contributed by atoms with van der Waals surface area (Å²) < 4.78 is 42.9. The maximum atomic E-state index is 12.5. The molecule has 1 aromatic rings. The monoisotopic (exact) mass is 456 g/mol. The first-order valence-electron chi connectivity index (χ1n) is 11.9. The number of benzene rings is 1. The van der Waals surface area contributed by atoms with E-state index in [0.29, 0.717) is 12.5 Å². The minimum Gasteiger partial charge on any atom is -0.493 e. The van der Waals surface area contributed by atoms with E-state index in [9.17, 15) is 13.2 Å². The lowest BCUT2D eigenvalue weighted by molar-refractivity contribution is -0.137. The lowest BCUT2D eigenvalue weighted by Gasteiger charge is -2.09. The fourth-order valence-corrected chi connectivity index (χ4v) is 2.93. The first kappa shape index (κ1) is 32.1. The van der Waals surface area contributed by atoms with Gasteiger partial charge in [-0.05, 0) is 63.6 Å². The first-order valence-corrected chi connectivity index (χ1v) is 11.9. The number of allylic oxidation sites excluding steroid dienone is 3. The number of hydrogen-bond acceptors (Lipinski definition) is 2. The van der Waals surface area contributed by atoms with Crippen LogP contribution in [0.5, 0.6) is 5.75 Å². The zero-order valence-corrected chi connectivity index (χ0v) is 20.6. The predicted octanol–water partition coefficient (Wildman–Crippen LogP) is 9.20. The van der Waals surface area contributed by atoms with Crippen LogP contribution in [0.1, 0.15) is 91.5 Å². The van der Waals surface area contributed by atoms with E-state index in [1.165, 1.54) is 57.9 Å². The second kappa shape index (κ2) is 22.2. The molecular weight excluding hydrogens is 413 g/mol. The fourth-order valence-electron chi connectivity index (χ4n) is 2.93. The van der Waals surface area contributed by atoms with Crippen molar-refractivity contribution >= 4 is 6.29 Å². The van der Waals surface area contributed by atoms with Gasteiger partial charge in [0.25, 0.3) is 0 Å². The predicted molar refractivity (Wildman–Crippen MR) is 130 cm³/mol. The van der Waals surface area contributed by atoms with Crippen molar-refractivity contribution in [1.82, 2.24) is 0 Å². The van der Waals surface area contributed by atoms with Crippen LogP contribution in [-0.2, 0) is 11.0 Å². The summed E-state index contributed by atoms with van der Waals surface area (Å²) in [5, 5.41) is 0. The van der Waals surface area contributed by atoms with E-state index in [1.54, 1.807) is 6.07 Å². The van der Waals surface area contributed by atoms with Crippen LogP contribution in [0.15, 0.2) is 48.6 Å². The molecule has 1 aliphatic carbocycles. The highest BCUT2D eigenvalue weighted by molar-refractivity contribution is 5.44. The molecule has 1 aliphatic rings. The van der Waals surface area contributed by atoms with Gasteiger partial charge in [0.1, 0.15) is 12.0 Å².